The molecule has 184 valence electrons. The Hall–Kier alpha value is -3.34. The van der Waals surface area contributed by atoms with Crippen molar-refractivity contribution in [1.29, 1.82) is 0 Å². The number of para-hydroxylation sites is 1. The Labute approximate surface area is 200 Å². The smallest absolute Gasteiger partial charge is 0.406 e. The number of hydrogen-bond donors (Lipinski definition) is 1. The van der Waals surface area contributed by atoms with Gasteiger partial charge in [-0.2, -0.15) is 8.42 Å². The number of alkyl halides is 3. The third-order valence-corrected chi connectivity index (χ3v) is 6.73. The molecule has 10 heteroatoms. The molecule has 0 aliphatic carbocycles. The minimum atomic E-state index is -4.89. The number of ether oxygens (including phenoxy) is 1. The highest BCUT2D eigenvalue weighted by molar-refractivity contribution is 7.86. The Kier molecular flexibility index (Phi) is 6.88. The normalized spacial score (nSPS) is 14.1. The lowest BCUT2D eigenvalue weighted by atomic mass is 10.0. The van der Waals surface area contributed by atoms with Crippen molar-refractivity contribution in [2.24, 2.45) is 0 Å². The van der Waals surface area contributed by atoms with Crippen LogP contribution in [0.5, 0.6) is 5.75 Å². The molecule has 1 N–H and O–H groups in total. The molecule has 35 heavy (non-hydrogen) atoms. The monoisotopic (exact) mass is 505 g/mol. The van der Waals surface area contributed by atoms with Crippen LogP contribution in [-0.2, 0) is 14.3 Å². The molecule has 4 aromatic rings. The second kappa shape index (κ2) is 9.73. The minimum absolute atomic E-state index is 0.0705. The van der Waals surface area contributed by atoms with E-state index in [0.717, 1.165) is 23.1 Å². The summed E-state index contributed by atoms with van der Waals surface area (Å²) in [5, 5.41) is 11.9. The van der Waals surface area contributed by atoms with Crippen LogP contribution < -0.4 is 4.74 Å². The van der Waals surface area contributed by atoms with Crippen LogP contribution in [0.2, 0.25) is 0 Å². The maximum Gasteiger partial charge on any atom is 0.573 e. The third-order valence-electron chi connectivity index (χ3n) is 5.43. The first-order valence-electron chi connectivity index (χ1n) is 10.6. The summed E-state index contributed by atoms with van der Waals surface area (Å²) in [5.41, 5.74) is 1.83. The molecule has 0 saturated carbocycles. The summed E-state index contributed by atoms with van der Waals surface area (Å²) >= 11 is 0. The van der Waals surface area contributed by atoms with Gasteiger partial charge >= 0.3 is 6.36 Å². The molecule has 6 nitrogen and oxygen atoms in total. The molecule has 1 aromatic heterocycles. The van der Waals surface area contributed by atoms with Crippen molar-refractivity contribution in [1.82, 2.24) is 4.57 Å². The Morgan fingerprint density at radius 3 is 2.40 bits per heavy atom. The van der Waals surface area contributed by atoms with Crippen LogP contribution >= 0.6 is 0 Å². The molecule has 3 aromatic carbocycles. The molecular weight excluding hydrogens is 483 g/mol. The number of halogens is 3. The number of aliphatic hydroxyl groups excluding tert-OH is 1. The average molecular weight is 506 g/mol. The Bertz CT molecular complexity index is 1420. The molecule has 0 aliphatic rings. The van der Waals surface area contributed by atoms with E-state index in [0.29, 0.717) is 5.52 Å². The molecular formula is C25H22F3NO5S. The van der Waals surface area contributed by atoms with E-state index in [2.05, 4.69) is 4.74 Å². The summed E-state index contributed by atoms with van der Waals surface area (Å²) in [4.78, 5) is -0.0705. The van der Waals surface area contributed by atoms with Gasteiger partial charge in [-0.1, -0.05) is 48.0 Å². The van der Waals surface area contributed by atoms with Crippen LogP contribution in [0.1, 0.15) is 17.2 Å². The number of fused-ring (bicyclic) bond motifs is 1. The van der Waals surface area contributed by atoms with E-state index >= 15 is 0 Å². The summed E-state index contributed by atoms with van der Waals surface area (Å²) in [6, 6.07) is 19.3. The summed E-state index contributed by atoms with van der Waals surface area (Å²) in [6.07, 6.45) is -4.66. The molecule has 0 aliphatic heterocycles. The zero-order chi connectivity index (χ0) is 25.2. The summed E-state index contributed by atoms with van der Waals surface area (Å²) in [7, 11) is -4.17. The Balaban J connectivity index is 1.68. The fourth-order valence-electron chi connectivity index (χ4n) is 3.83. The fourth-order valence-corrected chi connectivity index (χ4v) is 4.76. The first-order valence-corrected chi connectivity index (χ1v) is 12.0. The first-order chi connectivity index (χ1) is 16.5. The van der Waals surface area contributed by atoms with E-state index in [1.807, 2.05) is 19.1 Å². The van der Waals surface area contributed by atoms with Gasteiger partial charge in [0.25, 0.3) is 10.1 Å². The summed E-state index contributed by atoms with van der Waals surface area (Å²) in [5.74, 6) is -0.461. The lowest BCUT2D eigenvalue weighted by Gasteiger charge is -2.26. The molecule has 0 bridgehead atoms. The molecule has 0 unspecified atom stereocenters. The maximum atomic E-state index is 12.8. The first kappa shape index (κ1) is 24.8. The molecule has 2 atom stereocenters. The largest absolute Gasteiger partial charge is 0.573 e. The van der Waals surface area contributed by atoms with Crippen molar-refractivity contribution in [3.8, 4) is 5.75 Å². The quantitative estimate of drug-likeness (QED) is 0.333. The lowest BCUT2D eigenvalue weighted by molar-refractivity contribution is -0.274. The van der Waals surface area contributed by atoms with Crippen molar-refractivity contribution in [2.45, 2.75) is 30.3 Å². The molecule has 4 rings (SSSR count). The highest BCUT2D eigenvalue weighted by Gasteiger charge is 2.32. The maximum absolute atomic E-state index is 12.8. The van der Waals surface area contributed by atoms with E-state index < -0.39 is 41.0 Å². The topological polar surface area (TPSA) is 77.8 Å². The van der Waals surface area contributed by atoms with E-state index in [1.54, 1.807) is 41.1 Å². The van der Waals surface area contributed by atoms with Gasteiger partial charge in [0.1, 0.15) is 11.9 Å². The number of hydrogen-bond acceptors (Lipinski definition) is 5. The van der Waals surface area contributed by atoms with Gasteiger partial charge in [-0.05, 0) is 54.3 Å². The van der Waals surface area contributed by atoms with Crippen LogP contribution in [0.25, 0.3) is 10.9 Å². The van der Waals surface area contributed by atoms with Crippen LogP contribution in [-0.4, -0.2) is 37.2 Å². The van der Waals surface area contributed by atoms with E-state index in [4.69, 9.17) is 4.18 Å². The standard InChI is InChI=1S/C25H22F3NO5S/c1-17-9-11-21(12-10-17)35(31,32)33-16-23(30)24(29-14-13-18-5-2-3-8-22(18)29)19-6-4-7-20(15-19)34-25(26,27)28/h2-15,23-24,30H,16H2,1H3/t23-,24+/m1/s1. The van der Waals surface area contributed by atoms with Gasteiger partial charge in [-0.15, -0.1) is 13.2 Å². The molecule has 0 fully saturated rings. The van der Waals surface area contributed by atoms with Gasteiger partial charge in [0.15, 0.2) is 0 Å². The predicted molar refractivity (Wildman–Crippen MR) is 124 cm³/mol. The number of rotatable bonds is 8. The van der Waals surface area contributed by atoms with Crippen molar-refractivity contribution in [3.63, 3.8) is 0 Å². The molecule has 0 amide bonds. The van der Waals surface area contributed by atoms with Gasteiger partial charge in [-0.25, -0.2) is 0 Å². The van der Waals surface area contributed by atoms with Gasteiger partial charge < -0.3 is 14.4 Å². The number of aliphatic hydroxyl groups is 1. The Morgan fingerprint density at radius 2 is 1.69 bits per heavy atom. The number of nitrogens with zero attached hydrogens (tertiary/aromatic N) is 1. The van der Waals surface area contributed by atoms with Gasteiger partial charge in [-0.3, -0.25) is 4.18 Å². The highest BCUT2D eigenvalue weighted by atomic mass is 32.2. The molecule has 0 spiro atoms. The van der Waals surface area contributed by atoms with Crippen LogP contribution in [0.4, 0.5) is 13.2 Å². The van der Waals surface area contributed by atoms with Crippen LogP contribution in [0.3, 0.4) is 0 Å². The van der Waals surface area contributed by atoms with Gasteiger partial charge in [0, 0.05) is 11.7 Å². The lowest BCUT2D eigenvalue weighted by Crippen LogP contribution is -2.30. The van der Waals surface area contributed by atoms with Gasteiger partial charge in [0.05, 0.1) is 17.5 Å². The van der Waals surface area contributed by atoms with Crippen molar-refractivity contribution >= 4 is 21.0 Å². The highest BCUT2D eigenvalue weighted by Crippen LogP contribution is 2.32. The number of aryl methyl sites for hydroxylation is 1. The van der Waals surface area contributed by atoms with Crippen LogP contribution in [0, 0.1) is 6.92 Å². The van der Waals surface area contributed by atoms with E-state index in [1.165, 1.54) is 24.3 Å². The van der Waals surface area contributed by atoms with Crippen molar-refractivity contribution in [2.75, 3.05) is 6.61 Å². The van der Waals surface area contributed by atoms with E-state index in [9.17, 15) is 26.7 Å². The van der Waals surface area contributed by atoms with Crippen molar-refractivity contribution < 1.29 is 35.6 Å². The van der Waals surface area contributed by atoms with Crippen molar-refractivity contribution in [3.05, 3.63) is 96.2 Å². The summed E-state index contributed by atoms with van der Waals surface area (Å²) in [6.45, 7) is 1.18. The third kappa shape index (κ3) is 5.84. The summed E-state index contributed by atoms with van der Waals surface area (Å²) < 4.78 is 74.5. The molecule has 0 saturated heterocycles. The second-order valence-electron chi connectivity index (χ2n) is 7.97. The molecule has 0 radical (unpaired) electrons. The SMILES string of the molecule is Cc1ccc(S(=O)(=O)OC[C@@H](O)[C@H](c2cccc(OC(F)(F)F)c2)n2ccc3ccccc32)cc1. The average Bonchev–Trinajstić information content (AvgIpc) is 3.21. The zero-order valence-electron chi connectivity index (χ0n) is 18.5. The second-order valence-corrected chi connectivity index (χ2v) is 9.58. The van der Waals surface area contributed by atoms with Crippen LogP contribution in [0.15, 0.2) is 90.0 Å². The molecule has 1 heterocycles. The fraction of sp³-hybridized carbons (Fsp3) is 0.200. The minimum Gasteiger partial charge on any atom is -0.406 e. The Morgan fingerprint density at radius 1 is 0.971 bits per heavy atom. The number of benzene rings is 3. The number of aromatic nitrogens is 1. The predicted octanol–water partition coefficient (Wildman–Crippen LogP) is 5.20. The zero-order valence-corrected chi connectivity index (χ0v) is 19.3. The van der Waals surface area contributed by atoms with E-state index in [-0.39, 0.29) is 10.5 Å². The van der Waals surface area contributed by atoms with Gasteiger partial charge in [0.2, 0.25) is 0 Å².